The quantitative estimate of drug-likeness (QED) is 0.880. The Balaban J connectivity index is 1.89. The summed E-state index contributed by atoms with van der Waals surface area (Å²) in [6.07, 6.45) is 1.05. The first kappa shape index (κ1) is 16.0. The van der Waals surface area contributed by atoms with Gasteiger partial charge in [0.2, 0.25) is 0 Å². The molecule has 1 aliphatic rings. The van der Waals surface area contributed by atoms with Crippen LogP contribution >= 0.6 is 0 Å². The summed E-state index contributed by atoms with van der Waals surface area (Å²) in [5.74, 6) is -0.337. The molecule has 0 radical (unpaired) electrons. The van der Waals surface area contributed by atoms with E-state index in [2.05, 4.69) is 10.6 Å². The second-order valence-corrected chi connectivity index (χ2v) is 7.25. The summed E-state index contributed by atoms with van der Waals surface area (Å²) in [4.78, 5) is 23.7. The zero-order valence-electron chi connectivity index (χ0n) is 12.7. The molecule has 7 nitrogen and oxygen atoms in total. The molecule has 0 bridgehead atoms. The Morgan fingerprint density at radius 2 is 1.96 bits per heavy atom. The number of amides is 2. The summed E-state index contributed by atoms with van der Waals surface area (Å²) in [7, 11) is -3.53. The molecule has 2 aromatic carbocycles. The minimum absolute atomic E-state index is 0.0444. The average Bonchev–Trinajstić information content (AvgIpc) is 2.53. The third-order valence-corrected chi connectivity index (χ3v) is 4.56. The van der Waals surface area contributed by atoms with Gasteiger partial charge in [-0.25, -0.2) is 8.42 Å². The van der Waals surface area contributed by atoms with Crippen LogP contribution in [0.3, 0.4) is 0 Å². The summed E-state index contributed by atoms with van der Waals surface area (Å²) in [5, 5.41) is 5.26. The molecule has 2 aromatic rings. The molecule has 0 saturated heterocycles. The molecule has 124 valence electrons. The average molecular weight is 346 g/mol. The number of fused-ring (bicyclic) bond motifs is 1. The van der Waals surface area contributed by atoms with Crippen molar-refractivity contribution in [2.24, 2.45) is 0 Å². The van der Waals surface area contributed by atoms with E-state index in [-0.39, 0.29) is 23.0 Å². The second kappa shape index (κ2) is 5.97. The van der Waals surface area contributed by atoms with Crippen LogP contribution in [0.25, 0.3) is 0 Å². The first-order valence-corrected chi connectivity index (χ1v) is 8.91. The van der Waals surface area contributed by atoms with Crippen LogP contribution in [0.15, 0.2) is 47.4 Å². The van der Waals surface area contributed by atoms with Crippen LogP contribution in [-0.4, -0.2) is 33.1 Å². The Kier molecular flexibility index (Phi) is 3.98. The van der Waals surface area contributed by atoms with Crippen LogP contribution in [-0.2, 0) is 14.6 Å². The van der Waals surface area contributed by atoms with Crippen molar-refractivity contribution >= 4 is 33.0 Å². The smallest absolute Gasteiger partial charge is 0.262 e. The fraction of sp³-hybridized carbons (Fsp3) is 0.125. The van der Waals surface area contributed by atoms with E-state index in [4.69, 9.17) is 4.74 Å². The highest BCUT2D eigenvalue weighted by atomic mass is 32.2. The summed E-state index contributed by atoms with van der Waals surface area (Å²) in [6.45, 7) is -0.0551. The number of nitrogens with one attached hydrogen (secondary N) is 2. The highest BCUT2D eigenvalue weighted by molar-refractivity contribution is 7.90. The topological polar surface area (TPSA) is 102 Å². The van der Waals surface area contributed by atoms with Crippen molar-refractivity contribution in [3.05, 3.63) is 48.0 Å². The molecule has 0 unspecified atom stereocenters. The molecule has 2 amide bonds. The molecule has 0 fully saturated rings. The minimum Gasteiger partial charge on any atom is -0.482 e. The molecule has 0 saturated carbocycles. The van der Waals surface area contributed by atoms with Crippen molar-refractivity contribution < 1.29 is 22.7 Å². The molecular formula is C16H14N2O5S. The van der Waals surface area contributed by atoms with Crippen LogP contribution in [0.2, 0.25) is 0 Å². The van der Waals surface area contributed by atoms with Gasteiger partial charge in [0.15, 0.2) is 16.4 Å². The molecule has 24 heavy (non-hydrogen) atoms. The third-order valence-electron chi connectivity index (χ3n) is 3.40. The van der Waals surface area contributed by atoms with Gasteiger partial charge in [-0.1, -0.05) is 12.1 Å². The summed E-state index contributed by atoms with van der Waals surface area (Å²) < 4.78 is 28.8. The predicted octanol–water partition coefficient (Wildman–Crippen LogP) is 1.67. The van der Waals surface area contributed by atoms with Crippen molar-refractivity contribution in [2.75, 3.05) is 23.5 Å². The van der Waals surface area contributed by atoms with Crippen molar-refractivity contribution in [3.8, 4) is 5.75 Å². The summed E-state index contributed by atoms with van der Waals surface area (Å²) >= 11 is 0. The van der Waals surface area contributed by atoms with Gasteiger partial charge >= 0.3 is 0 Å². The number of benzene rings is 2. The molecule has 2 N–H and O–H groups in total. The fourth-order valence-electron chi connectivity index (χ4n) is 2.34. The van der Waals surface area contributed by atoms with E-state index in [9.17, 15) is 18.0 Å². The molecule has 0 spiro atoms. The van der Waals surface area contributed by atoms with E-state index in [1.54, 1.807) is 30.3 Å². The number of hydrogen-bond donors (Lipinski definition) is 2. The second-order valence-electron chi connectivity index (χ2n) is 5.27. The van der Waals surface area contributed by atoms with Gasteiger partial charge in [-0.05, 0) is 30.3 Å². The Bertz CT molecular complexity index is 937. The lowest BCUT2D eigenvalue weighted by Crippen LogP contribution is -2.25. The number of carbonyl (C=O) groups is 2. The highest BCUT2D eigenvalue weighted by Gasteiger charge is 2.20. The Morgan fingerprint density at radius 1 is 1.21 bits per heavy atom. The largest absolute Gasteiger partial charge is 0.482 e. The zero-order valence-corrected chi connectivity index (χ0v) is 13.5. The number of anilines is 2. The Labute approximate surface area is 138 Å². The van der Waals surface area contributed by atoms with Crippen LogP contribution in [0.4, 0.5) is 11.4 Å². The van der Waals surface area contributed by atoms with Gasteiger partial charge in [0.1, 0.15) is 5.75 Å². The van der Waals surface area contributed by atoms with Gasteiger partial charge in [-0.2, -0.15) is 0 Å². The van der Waals surface area contributed by atoms with Gasteiger partial charge in [-0.15, -0.1) is 0 Å². The van der Waals surface area contributed by atoms with Gasteiger partial charge in [-0.3, -0.25) is 9.59 Å². The normalized spacial score (nSPS) is 13.5. The Morgan fingerprint density at radius 3 is 2.71 bits per heavy atom. The molecular weight excluding hydrogens is 332 g/mol. The van der Waals surface area contributed by atoms with Gasteiger partial charge in [0.05, 0.1) is 16.1 Å². The number of sulfone groups is 1. The van der Waals surface area contributed by atoms with E-state index in [1.807, 2.05) is 0 Å². The lowest BCUT2D eigenvalue weighted by molar-refractivity contribution is -0.118. The molecule has 1 aliphatic heterocycles. The molecule has 3 rings (SSSR count). The van der Waals surface area contributed by atoms with Crippen LogP contribution < -0.4 is 15.4 Å². The molecule has 8 heteroatoms. The number of ether oxygens (including phenoxy) is 1. The molecule has 1 heterocycles. The fourth-order valence-corrected chi connectivity index (χ4v) is 3.22. The van der Waals surface area contributed by atoms with Crippen LogP contribution in [0.1, 0.15) is 10.4 Å². The maximum absolute atomic E-state index is 12.4. The first-order chi connectivity index (χ1) is 11.3. The van der Waals surface area contributed by atoms with Crippen molar-refractivity contribution in [1.29, 1.82) is 0 Å². The molecule has 0 aromatic heterocycles. The van der Waals surface area contributed by atoms with E-state index < -0.39 is 15.7 Å². The summed E-state index contributed by atoms with van der Waals surface area (Å²) in [5.41, 5.74) is 0.909. The molecule has 0 atom stereocenters. The molecule has 0 aliphatic carbocycles. The minimum atomic E-state index is -3.53. The lowest BCUT2D eigenvalue weighted by Gasteiger charge is -2.18. The summed E-state index contributed by atoms with van der Waals surface area (Å²) in [6, 6.07) is 10.7. The van der Waals surface area contributed by atoms with Crippen molar-refractivity contribution in [3.63, 3.8) is 0 Å². The number of hydrogen-bond acceptors (Lipinski definition) is 5. The SMILES string of the molecule is CS(=O)(=O)c1ccccc1C(=O)Nc1ccc2c(c1)NC(=O)CO2. The van der Waals surface area contributed by atoms with E-state index in [0.717, 1.165) is 6.26 Å². The van der Waals surface area contributed by atoms with E-state index in [0.29, 0.717) is 17.1 Å². The van der Waals surface area contributed by atoms with Gasteiger partial charge < -0.3 is 15.4 Å². The number of carbonyl (C=O) groups excluding carboxylic acids is 2. The van der Waals surface area contributed by atoms with Crippen molar-refractivity contribution in [1.82, 2.24) is 0 Å². The van der Waals surface area contributed by atoms with Crippen LogP contribution in [0.5, 0.6) is 5.75 Å². The maximum atomic E-state index is 12.4. The van der Waals surface area contributed by atoms with E-state index in [1.165, 1.54) is 12.1 Å². The zero-order chi connectivity index (χ0) is 17.3. The third kappa shape index (κ3) is 3.23. The van der Waals surface area contributed by atoms with Gasteiger partial charge in [0.25, 0.3) is 11.8 Å². The monoisotopic (exact) mass is 346 g/mol. The van der Waals surface area contributed by atoms with E-state index >= 15 is 0 Å². The highest BCUT2D eigenvalue weighted by Crippen LogP contribution is 2.30. The van der Waals surface area contributed by atoms with Crippen molar-refractivity contribution in [2.45, 2.75) is 4.90 Å². The maximum Gasteiger partial charge on any atom is 0.262 e. The lowest BCUT2D eigenvalue weighted by atomic mass is 10.2. The standard InChI is InChI=1S/C16H14N2O5S/c1-24(21,22)14-5-3-2-4-11(14)16(20)17-10-6-7-13-12(8-10)18-15(19)9-23-13/h2-8H,9H2,1H3,(H,17,20)(H,18,19). The number of rotatable bonds is 3. The Hall–Kier alpha value is -2.87. The predicted molar refractivity (Wildman–Crippen MR) is 88.1 cm³/mol. The van der Waals surface area contributed by atoms with Gasteiger partial charge in [0, 0.05) is 11.9 Å². The first-order valence-electron chi connectivity index (χ1n) is 7.02. The van der Waals surface area contributed by atoms with Crippen LogP contribution in [0, 0.1) is 0 Å².